The average Bonchev–Trinajstić information content (AvgIpc) is 2.33. The zero-order chi connectivity index (χ0) is 12.3. The molecule has 1 fully saturated rings. The van der Waals surface area contributed by atoms with Gasteiger partial charge in [-0.25, -0.2) is 0 Å². The maximum atomic E-state index is 10.5. The minimum absolute atomic E-state index is 0.114. The van der Waals surface area contributed by atoms with Crippen LogP contribution in [0.2, 0.25) is 0 Å². The van der Waals surface area contributed by atoms with E-state index in [0.717, 1.165) is 18.5 Å². The molecule has 0 saturated heterocycles. The Labute approximate surface area is 100 Å². The fourth-order valence-corrected chi connectivity index (χ4v) is 2.23. The summed E-state index contributed by atoms with van der Waals surface area (Å²) in [7, 11) is 0. The Morgan fingerprint density at radius 3 is 2.47 bits per heavy atom. The maximum absolute atomic E-state index is 10.5. The van der Waals surface area contributed by atoms with Crippen molar-refractivity contribution in [2.75, 3.05) is 5.32 Å². The van der Waals surface area contributed by atoms with Gasteiger partial charge in [0.15, 0.2) is 0 Å². The van der Waals surface area contributed by atoms with E-state index >= 15 is 0 Å². The Morgan fingerprint density at radius 1 is 1.24 bits per heavy atom. The van der Waals surface area contributed by atoms with E-state index in [2.05, 4.69) is 5.32 Å². The summed E-state index contributed by atoms with van der Waals surface area (Å²) in [5, 5.41) is 13.9. The second kappa shape index (κ2) is 5.14. The van der Waals surface area contributed by atoms with Crippen LogP contribution in [0.1, 0.15) is 25.7 Å². The first-order valence-corrected chi connectivity index (χ1v) is 5.93. The van der Waals surface area contributed by atoms with E-state index in [1.807, 2.05) is 0 Å². The van der Waals surface area contributed by atoms with Crippen LogP contribution >= 0.6 is 0 Å². The van der Waals surface area contributed by atoms with Crippen LogP contribution in [-0.2, 0) is 0 Å². The largest absolute Gasteiger partial charge is 0.381 e. The van der Waals surface area contributed by atoms with E-state index in [1.165, 1.54) is 25.0 Å². The lowest BCUT2D eigenvalue weighted by atomic mass is 9.91. The Kier molecular flexibility index (Phi) is 3.58. The summed E-state index contributed by atoms with van der Waals surface area (Å²) in [6.07, 6.45) is 4.50. The normalized spacial score (nSPS) is 24.3. The predicted octanol–water partition coefficient (Wildman–Crippen LogP) is 2.28. The zero-order valence-electron chi connectivity index (χ0n) is 9.63. The van der Waals surface area contributed by atoms with E-state index in [4.69, 9.17) is 5.73 Å². The molecule has 0 aliphatic heterocycles. The highest BCUT2D eigenvalue weighted by molar-refractivity contribution is 5.49. The Bertz CT molecular complexity index is 391. The van der Waals surface area contributed by atoms with E-state index in [9.17, 15) is 10.1 Å². The molecule has 2 atom stereocenters. The molecule has 0 heterocycles. The smallest absolute Gasteiger partial charge is 0.269 e. The number of nitro groups is 1. The van der Waals surface area contributed by atoms with Crippen molar-refractivity contribution in [3.63, 3.8) is 0 Å². The second-order valence-corrected chi connectivity index (χ2v) is 4.50. The van der Waals surface area contributed by atoms with Crippen LogP contribution in [0.15, 0.2) is 24.3 Å². The number of non-ortho nitro benzene ring substituents is 1. The highest BCUT2D eigenvalue weighted by Crippen LogP contribution is 2.22. The number of hydrogen-bond donors (Lipinski definition) is 2. The first-order chi connectivity index (χ1) is 8.16. The van der Waals surface area contributed by atoms with Gasteiger partial charge in [0.2, 0.25) is 0 Å². The van der Waals surface area contributed by atoms with E-state index in [1.54, 1.807) is 12.1 Å². The predicted molar refractivity (Wildman–Crippen MR) is 67.0 cm³/mol. The van der Waals surface area contributed by atoms with Crippen LogP contribution in [-0.4, -0.2) is 17.0 Å². The highest BCUT2D eigenvalue weighted by Gasteiger charge is 2.21. The number of rotatable bonds is 3. The van der Waals surface area contributed by atoms with Crippen LogP contribution in [0.25, 0.3) is 0 Å². The number of benzene rings is 1. The molecule has 1 aliphatic carbocycles. The average molecular weight is 235 g/mol. The topological polar surface area (TPSA) is 81.2 Å². The molecule has 0 bridgehead atoms. The fraction of sp³-hybridized carbons (Fsp3) is 0.500. The van der Waals surface area contributed by atoms with Gasteiger partial charge in [-0.3, -0.25) is 10.1 Å². The number of nitro benzene ring substituents is 1. The molecule has 0 spiro atoms. The Morgan fingerprint density at radius 2 is 1.88 bits per heavy atom. The van der Waals surface area contributed by atoms with Gasteiger partial charge in [-0.15, -0.1) is 0 Å². The van der Waals surface area contributed by atoms with Crippen molar-refractivity contribution >= 4 is 11.4 Å². The van der Waals surface area contributed by atoms with Gasteiger partial charge in [0.1, 0.15) is 0 Å². The molecule has 1 aliphatic rings. The van der Waals surface area contributed by atoms with Crippen molar-refractivity contribution in [3.05, 3.63) is 34.4 Å². The maximum Gasteiger partial charge on any atom is 0.269 e. The summed E-state index contributed by atoms with van der Waals surface area (Å²) in [5.74, 6) is 0. The summed E-state index contributed by atoms with van der Waals surface area (Å²) >= 11 is 0. The standard InChI is InChI=1S/C12H17N3O2/c13-11-3-1-2-4-12(11)14-9-5-7-10(8-6-9)15(16)17/h5-8,11-12,14H,1-4,13H2. The summed E-state index contributed by atoms with van der Waals surface area (Å²) in [5.41, 5.74) is 7.05. The molecule has 17 heavy (non-hydrogen) atoms. The Hall–Kier alpha value is -1.62. The van der Waals surface area contributed by atoms with Crippen molar-refractivity contribution in [2.45, 2.75) is 37.8 Å². The molecule has 1 aromatic rings. The molecule has 0 amide bonds. The van der Waals surface area contributed by atoms with Gasteiger partial charge in [0, 0.05) is 29.9 Å². The molecule has 0 aromatic heterocycles. The first-order valence-electron chi connectivity index (χ1n) is 5.93. The summed E-state index contributed by atoms with van der Waals surface area (Å²) in [4.78, 5) is 10.1. The van der Waals surface area contributed by atoms with Crippen LogP contribution in [0, 0.1) is 10.1 Å². The third kappa shape index (κ3) is 2.94. The molecule has 0 radical (unpaired) electrons. The van der Waals surface area contributed by atoms with Gasteiger partial charge in [-0.2, -0.15) is 0 Å². The summed E-state index contributed by atoms with van der Waals surface area (Å²) in [6, 6.07) is 6.95. The lowest BCUT2D eigenvalue weighted by molar-refractivity contribution is -0.384. The minimum atomic E-state index is -0.393. The molecule has 92 valence electrons. The zero-order valence-corrected chi connectivity index (χ0v) is 9.63. The van der Waals surface area contributed by atoms with Crippen molar-refractivity contribution in [1.82, 2.24) is 0 Å². The number of nitrogens with zero attached hydrogens (tertiary/aromatic N) is 1. The number of nitrogens with two attached hydrogens (primary N) is 1. The van der Waals surface area contributed by atoms with Gasteiger partial charge in [0.05, 0.1) is 4.92 Å². The third-order valence-corrected chi connectivity index (χ3v) is 3.25. The van der Waals surface area contributed by atoms with E-state index in [0.29, 0.717) is 0 Å². The molecule has 5 nitrogen and oxygen atoms in total. The summed E-state index contributed by atoms with van der Waals surface area (Å²) in [6.45, 7) is 0. The van der Waals surface area contributed by atoms with Crippen molar-refractivity contribution < 1.29 is 4.92 Å². The van der Waals surface area contributed by atoms with Gasteiger partial charge in [0.25, 0.3) is 5.69 Å². The molecule has 2 unspecified atom stereocenters. The molecule has 1 aromatic carbocycles. The number of hydrogen-bond acceptors (Lipinski definition) is 4. The van der Waals surface area contributed by atoms with E-state index < -0.39 is 4.92 Å². The summed E-state index contributed by atoms with van der Waals surface area (Å²) < 4.78 is 0. The quantitative estimate of drug-likeness (QED) is 0.622. The monoisotopic (exact) mass is 235 g/mol. The molecule has 3 N–H and O–H groups in total. The molecule has 5 heteroatoms. The van der Waals surface area contributed by atoms with Crippen LogP contribution in [0.3, 0.4) is 0 Å². The molecule has 2 rings (SSSR count). The van der Waals surface area contributed by atoms with E-state index in [-0.39, 0.29) is 17.8 Å². The second-order valence-electron chi connectivity index (χ2n) is 4.50. The van der Waals surface area contributed by atoms with Gasteiger partial charge < -0.3 is 11.1 Å². The first kappa shape index (κ1) is 11.9. The van der Waals surface area contributed by atoms with Crippen molar-refractivity contribution in [3.8, 4) is 0 Å². The lowest BCUT2D eigenvalue weighted by Gasteiger charge is -2.30. The fourth-order valence-electron chi connectivity index (χ4n) is 2.23. The van der Waals surface area contributed by atoms with Crippen molar-refractivity contribution in [2.24, 2.45) is 5.73 Å². The minimum Gasteiger partial charge on any atom is -0.381 e. The molecule has 1 saturated carbocycles. The Balaban J connectivity index is 2.00. The third-order valence-electron chi connectivity index (χ3n) is 3.25. The van der Waals surface area contributed by atoms with Crippen LogP contribution in [0.4, 0.5) is 11.4 Å². The number of nitrogens with one attached hydrogen (secondary N) is 1. The molecular weight excluding hydrogens is 218 g/mol. The van der Waals surface area contributed by atoms with Crippen LogP contribution in [0.5, 0.6) is 0 Å². The lowest BCUT2D eigenvalue weighted by Crippen LogP contribution is -2.42. The molecular formula is C12H17N3O2. The van der Waals surface area contributed by atoms with Crippen LogP contribution < -0.4 is 11.1 Å². The van der Waals surface area contributed by atoms with Gasteiger partial charge in [-0.05, 0) is 25.0 Å². The highest BCUT2D eigenvalue weighted by atomic mass is 16.6. The van der Waals surface area contributed by atoms with Crippen molar-refractivity contribution in [1.29, 1.82) is 0 Å². The SMILES string of the molecule is NC1CCCCC1Nc1ccc([N+](=O)[O-])cc1. The number of anilines is 1. The van der Waals surface area contributed by atoms with Gasteiger partial charge in [-0.1, -0.05) is 12.8 Å². The van der Waals surface area contributed by atoms with Gasteiger partial charge >= 0.3 is 0 Å².